The Hall–Kier alpha value is -0.900. The number of aliphatic hydroxyl groups excluding tert-OH is 1. The highest BCUT2D eigenvalue weighted by Gasteiger charge is 2.57. The maximum absolute atomic E-state index is 9.18. The third-order valence-electron chi connectivity index (χ3n) is 4.10. The first kappa shape index (κ1) is 11.2. The second kappa shape index (κ2) is 4.77. The van der Waals surface area contributed by atoms with Crippen molar-refractivity contribution in [1.29, 1.82) is 0 Å². The van der Waals surface area contributed by atoms with Gasteiger partial charge in [0.1, 0.15) is 0 Å². The second-order valence-electron chi connectivity index (χ2n) is 5.10. The fraction of sp³-hybridized carbons (Fsp3) is 0.571. The van der Waals surface area contributed by atoms with Crippen LogP contribution in [0.5, 0.6) is 0 Å². The number of fused-ring (bicyclic) bond motifs is 1. The minimum atomic E-state index is 0.260. The number of piperidine rings is 1. The average molecular weight is 233 g/mol. The van der Waals surface area contributed by atoms with Crippen LogP contribution in [0.25, 0.3) is 0 Å². The van der Waals surface area contributed by atoms with E-state index in [2.05, 4.69) is 17.4 Å². The molecule has 1 heterocycles. The van der Waals surface area contributed by atoms with Crippen molar-refractivity contribution in [3.8, 4) is 0 Å². The van der Waals surface area contributed by atoms with Crippen LogP contribution in [0.1, 0.15) is 5.56 Å². The third kappa shape index (κ3) is 2.23. The van der Waals surface area contributed by atoms with Crippen molar-refractivity contribution in [2.24, 2.45) is 17.8 Å². The Kier molecular flexibility index (Phi) is 3.14. The lowest BCUT2D eigenvalue weighted by Gasteiger charge is -2.13. The molecule has 0 spiro atoms. The summed E-state index contributed by atoms with van der Waals surface area (Å²) in [6, 6.07) is 10.6. The topological polar surface area (TPSA) is 41.5 Å². The highest BCUT2D eigenvalue weighted by Crippen LogP contribution is 2.51. The molecule has 1 aromatic carbocycles. The molecule has 2 aliphatic rings. The van der Waals surface area contributed by atoms with Crippen LogP contribution >= 0.6 is 0 Å². The minimum absolute atomic E-state index is 0.260. The van der Waals surface area contributed by atoms with Crippen molar-refractivity contribution in [1.82, 2.24) is 5.32 Å². The van der Waals surface area contributed by atoms with Crippen LogP contribution in [0.4, 0.5) is 0 Å². The molecule has 3 nitrogen and oxygen atoms in total. The van der Waals surface area contributed by atoms with E-state index in [1.165, 1.54) is 5.56 Å². The molecular weight excluding hydrogens is 214 g/mol. The summed E-state index contributed by atoms with van der Waals surface area (Å²) in [4.78, 5) is 0. The van der Waals surface area contributed by atoms with Crippen LogP contribution in [0.2, 0.25) is 0 Å². The molecule has 2 fully saturated rings. The summed E-state index contributed by atoms with van der Waals surface area (Å²) in [7, 11) is 0. The maximum atomic E-state index is 9.18. The van der Waals surface area contributed by atoms with Gasteiger partial charge >= 0.3 is 0 Å². The van der Waals surface area contributed by atoms with Crippen LogP contribution in [0.15, 0.2) is 30.3 Å². The van der Waals surface area contributed by atoms with Gasteiger partial charge in [-0.3, -0.25) is 0 Å². The SMILES string of the molecule is OC[C@H]1NC[C@@H]2[C@H](COCc3ccccc3)[C@H]21. The predicted octanol–water partition coefficient (Wildman–Crippen LogP) is 1.03. The summed E-state index contributed by atoms with van der Waals surface area (Å²) in [5.41, 5.74) is 1.23. The minimum Gasteiger partial charge on any atom is -0.395 e. The molecule has 1 saturated carbocycles. The van der Waals surface area contributed by atoms with Gasteiger partial charge in [-0.05, 0) is 29.9 Å². The van der Waals surface area contributed by atoms with Gasteiger partial charge in [0.15, 0.2) is 0 Å². The Morgan fingerprint density at radius 2 is 2.12 bits per heavy atom. The Morgan fingerprint density at radius 1 is 1.29 bits per heavy atom. The molecule has 0 radical (unpaired) electrons. The van der Waals surface area contributed by atoms with Crippen LogP contribution in [-0.2, 0) is 11.3 Å². The molecule has 1 aliphatic heterocycles. The Labute approximate surface area is 102 Å². The maximum Gasteiger partial charge on any atom is 0.0717 e. The van der Waals surface area contributed by atoms with Gasteiger partial charge in [-0.1, -0.05) is 30.3 Å². The van der Waals surface area contributed by atoms with Crippen molar-refractivity contribution in [3.05, 3.63) is 35.9 Å². The molecule has 17 heavy (non-hydrogen) atoms. The van der Waals surface area contributed by atoms with Gasteiger partial charge in [0.2, 0.25) is 0 Å². The quantitative estimate of drug-likeness (QED) is 0.798. The highest BCUT2D eigenvalue weighted by atomic mass is 16.5. The van der Waals surface area contributed by atoms with E-state index in [1.54, 1.807) is 0 Å². The van der Waals surface area contributed by atoms with Crippen molar-refractivity contribution in [3.63, 3.8) is 0 Å². The molecule has 3 rings (SSSR count). The van der Waals surface area contributed by atoms with Gasteiger partial charge < -0.3 is 15.2 Å². The molecule has 4 atom stereocenters. The molecule has 1 aliphatic carbocycles. The zero-order valence-corrected chi connectivity index (χ0v) is 9.88. The van der Waals surface area contributed by atoms with Gasteiger partial charge in [-0.2, -0.15) is 0 Å². The Balaban J connectivity index is 1.42. The second-order valence-corrected chi connectivity index (χ2v) is 5.10. The fourth-order valence-corrected chi connectivity index (χ4v) is 3.09. The first-order chi connectivity index (χ1) is 8.40. The van der Waals surface area contributed by atoms with Gasteiger partial charge in [0.25, 0.3) is 0 Å². The Morgan fingerprint density at radius 3 is 2.88 bits per heavy atom. The van der Waals surface area contributed by atoms with Crippen LogP contribution < -0.4 is 5.32 Å². The number of hydrogen-bond acceptors (Lipinski definition) is 3. The smallest absolute Gasteiger partial charge is 0.0717 e. The molecule has 0 aromatic heterocycles. The third-order valence-corrected chi connectivity index (χ3v) is 4.10. The zero-order chi connectivity index (χ0) is 11.7. The normalized spacial score (nSPS) is 34.6. The Bertz CT molecular complexity index is 368. The van der Waals surface area contributed by atoms with E-state index >= 15 is 0 Å². The van der Waals surface area contributed by atoms with Crippen molar-refractivity contribution in [2.75, 3.05) is 19.8 Å². The molecule has 0 bridgehead atoms. The number of ether oxygens (including phenoxy) is 1. The fourth-order valence-electron chi connectivity index (χ4n) is 3.09. The molecule has 1 saturated heterocycles. The van der Waals surface area contributed by atoms with Gasteiger partial charge in [-0.25, -0.2) is 0 Å². The lowest BCUT2D eigenvalue weighted by atomic mass is 10.2. The predicted molar refractivity (Wildman–Crippen MR) is 65.4 cm³/mol. The van der Waals surface area contributed by atoms with Crippen LogP contribution in [0.3, 0.4) is 0 Å². The molecule has 1 aromatic rings. The number of rotatable bonds is 5. The van der Waals surface area contributed by atoms with E-state index in [4.69, 9.17) is 4.74 Å². The van der Waals surface area contributed by atoms with Crippen molar-refractivity contribution < 1.29 is 9.84 Å². The van der Waals surface area contributed by atoms with E-state index in [0.717, 1.165) is 19.1 Å². The summed E-state index contributed by atoms with van der Waals surface area (Å²) < 4.78 is 5.76. The monoisotopic (exact) mass is 233 g/mol. The summed E-state index contributed by atoms with van der Waals surface area (Å²) in [6.45, 7) is 2.85. The molecular formula is C14H19NO2. The summed E-state index contributed by atoms with van der Waals surface area (Å²) >= 11 is 0. The summed E-state index contributed by atoms with van der Waals surface area (Å²) in [5, 5.41) is 12.5. The largest absolute Gasteiger partial charge is 0.395 e. The number of nitrogens with one attached hydrogen (secondary N) is 1. The van der Waals surface area contributed by atoms with Crippen LogP contribution in [-0.4, -0.2) is 30.9 Å². The lowest BCUT2D eigenvalue weighted by molar-refractivity contribution is 0.0989. The van der Waals surface area contributed by atoms with Gasteiger partial charge in [0.05, 0.1) is 19.8 Å². The highest BCUT2D eigenvalue weighted by molar-refractivity contribution is 5.13. The number of aliphatic hydroxyl groups is 1. The lowest BCUT2D eigenvalue weighted by Crippen LogP contribution is -2.32. The van der Waals surface area contributed by atoms with E-state index in [0.29, 0.717) is 24.5 Å². The zero-order valence-electron chi connectivity index (χ0n) is 9.88. The molecule has 0 unspecified atom stereocenters. The molecule has 3 heteroatoms. The molecule has 92 valence electrons. The molecule has 2 N–H and O–H groups in total. The van der Waals surface area contributed by atoms with Gasteiger partial charge in [0, 0.05) is 6.04 Å². The average Bonchev–Trinajstić information content (AvgIpc) is 2.88. The molecule has 0 amide bonds. The van der Waals surface area contributed by atoms with Crippen molar-refractivity contribution >= 4 is 0 Å². The first-order valence-electron chi connectivity index (χ1n) is 6.36. The van der Waals surface area contributed by atoms with Gasteiger partial charge in [-0.15, -0.1) is 0 Å². The summed E-state index contributed by atoms with van der Waals surface area (Å²) in [5.74, 6) is 2.05. The summed E-state index contributed by atoms with van der Waals surface area (Å²) in [6.07, 6.45) is 0. The van der Waals surface area contributed by atoms with E-state index in [9.17, 15) is 5.11 Å². The number of hydrogen-bond donors (Lipinski definition) is 2. The first-order valence-corrected chi connectivity index (χ1v) is 6.36. The standard InChI is InChI=1S/C14H19NO2/c16-7-13-14-11(6-15-13)12(14)9-17-8-10-4-2-1-3-5-10/h1-5,11-16H,6-9H2/t11-,12+,13-,14+/m1/s1. The van der Waals surface area contributed by atoms with E-state index < -0.39 is 0 Å². The van der Waals surface area contributed by atoms with Crippen molar-refractivity contribution in [2.45, 2.75) is 12.6 Å². The number of benzene rings is 1. The van der Waals surface area contributed by atoms with E-state index in [1.807, 2.05) is 18.2 Å². The van der Waals surface area contributed by atoms with Crippen LogP contribution in [0, 0.1) is 17.8 Å². The van der Waals surface area contributed by atoms with E-state index in [-0.39, 0.29) is 6.61 Å².